The molecule has 0 N–H and O–H groups in total. The molecule has 1 aliphatic heterocycles. The van der Waals surface area contributed by atoms with E-state index in [-0.39, 0.29) is 25.5 Å². The summed E-state index contributed by atoms with van der Waals surface area (Å²) >= 11 is 7.02. The molecular formula is C22H19Br2NO3. The first-order valence-electron chi connectivity index (χ1n) is 8.86. The van der Waals surface area contributed by atoms with Crippen molar-refractivity contribution in [2.45, 2.75) is 6.92 Å². The van der Waals surface area contributed by atoms with Gasteiger partial charge >= 0.3 is 6.09 Å². The molecule has 4 nitrogen and oxygen atoms in total. The third-order valence-electron chi connectivity index (χ3n) is 4.30. The van der Waals surface area contributed by atoms with Gasteiger partial charge in [-0.25, -0.2) is 4.79 Å². The molecule has 2 aromatic carbocycles. The molecular weight excluding hydrogens is 486 g/mol. The zero-order valence-electron chi connectivity index (χ0n) is 15.3. The molecule has 144 valence electrons. The fourth-order valence-electron chi connectivity index (χ4n) is 2.94. The average Bonchev–Trinajstić information content (AvgIpc) is 2.68. The molecule has 0 aliphatic carbocycles. The predicted octanol–water partition coefficient (Wildman–Crippen LogP) is 5.72. The second-order valence-electron chi connectivity index (χ2n) is 6.27. The van der Waals surface area contributed by atoms with E-state index in [0.29, 0.717) is 11.1 Å². The largest absolute Gasteiger partial charge is 0.450 e. The topological polar surface area (TPSA) is 46.6 Å². The Hall–Kier alpha value is -2.18. The molecule has 28 heavy (non-hydrogen) atoms. The van der Waals surface area contributed by atoms with Crippen LogP contribution in [0.2, 0.25) is 0 Å². The molecule has 0 aromatic heterocycles. The van der Waals surface area contributed by atoms with Crippen molar-refractivity contribution in [2.75, 3.05) is 19.7 Å². The molecule has 1 heterocycles. The lowest BCUT2D eigenvalue weighted by Gasteiger charge is -2.29. The number of amides is 1. The second kappa shape index (κ2) is 9.34. The van der Waals surface area contributed by atoms with Crippen LogP contribution in [0, 0.1) is 0 Å². The van der Waals surface area contributed by atoms with Crippen LogP contribution in [0.3, 0.4) is 0 Å². The summed E-state index contributed by atoms with van der Waals surface area (Å²) in [7, 11) is 0. The smallest absolute Gasteiger partial charge is 0.410 e. The normalized spacial score (nSPS) is 17.2. The van der Waals surface area contributed by atoms with E-state index in [1.165, 1.54) is 0 Å². The molecule has 0 spiro atoms. The van der Waals surface area contributed by atoms with E-state index in [1.54, 1.807) is 11.8 Å². The number of nitrogens with zero attached hydrogens (tertiary/aromatic N) is 1. The third kappa shape index (κ3) is 4.80. The lowest BCUT2D eigenvalue weighted by molar-refractivity contribution is -0.113. The Bertz CT molecular complexity index is 898. The van der Waals surface area contributed by atoms with Gasteiger partial charge < -0.3 is 4.74 Å². The highest BCUT2D eigenvalue weighted by Gasteiger charge is 2.30. The van der Waals surface area contributed by atoms with Crippen molar-refractivity contribution >= 4 is 55.9 Å². The first kappa shape index (κ1) is 20.6. The summed E-state index contributed by atoms with van der Waals surface area (Å²) in [5.74, 6) is -0.0629. The number of hydrogen-bond acceptors (Lipinski definition) is 3. The zero-order valence-corrected chi connectivity index (χ0v) is 18.5. The summed E-state index contributed by atoms with van der Waals surface area (Å²) in [5, 5.41) is 0. The van der Waals surface area contributed by atoms with Gasteiger partial charge in [0.05, 0.1) is 19.7 Å². The number of Topliss-reactive ketones (excluding diaryl/α,β-unsaturated/α-hetero) is 1. The van der Waals surface area contributed by atoms with Crippen LogP contribution in [0.4, 0.5) is 4.79 Å². The van der Waals surface area contributed by atoms with Crippen LogP contribution in [0.25, 0.3) is 12.2 Å². The highest BCUT2D eigenvalue weighted by Crippen LogP contribution is 2.27. The number of piperidine rings is 1. The molecule has 1 saturated heterocycles. The molecule has 0 unspecified atom stereocenters. The number of hydrogen-bond donors (Lipinski definition) is 0. The molecule has 1 amide bonds. The standard InChI is InChI=1S/C22H19Br2NO3/c1-2-28-22(27)25-13-17(11-15-7-3-5-9-19(15)23)21(26)18(14-25)12-16-8-4-6-10-20(16)24/h3-12H,2,13-14H2,1H3/b17-11+,18-12+. The second-order valence-corrected chi connectivity index (χ2v) is 7.97. The molecule has 0 bridgehead atoms. The highest BCUT2D eigenvalue weighted by molar-refractivity contribution is 9.10. The predicted molar refractivity (Wildman–Crippen MR) is 118 cm³/mol. The van der Waals surface area contributed by atoms with Gasteiger partial charge in [0.2, 0.25) is 0 Å². The lowest BCUT2D eigenvalue weighted by atomic mass is 9.94. The SMILES string of the molecule is CCOC(=O)N1C/C(=C\c2ccccc2Br)C(=O)/C(=C/c2ccccc2Br)C1. The van der Waals surface area contributed by atoms with E-state index >= 15 is 0 Å². The molecule has 3 rings (SSSR count). The summed E-state index contributed by atoms with van der Waals surface area (Å²) in [6.45, 7) is 2.48. The van der Waals surface area contributed by atoms with E-state index in [2.05, 4.69) is 31.9 Å². The van der Waals surface area contributed by atoms with Crippen LogP contribution in [0.15, 0.2) is 68.6 Å². The number of benzene rings is 2. The molecule has 1 aliphatic rings. The highest BCUT2D eigenvalue weighted by atomic mass is 79.9. The molecule has 0 radical (unpaired) electrons. The fourth-order valence-corrected chi connectivity index (χ4v) is 3.74. The van der Waals surface area contributed by atoms with Crippen molar-refractivity contribution in [3.05, 3.63) is 79.7 Å². The Kier molecular flexibility index (Phi) is 6.86. The van der Waals surface area contributed by atoms with Crippen LogP contribution < -0.4 is 0 Å². The van der Waals surface area contributed by atoms with Gasteiger partial charge in [-0.15, -0.1) is 0 Å². The maximum absolute atomic E-state index is 13.1. The first-order valence-corrected chi connectivity index (χ1v) is 10.4. The van der Waals surface area contributed by atoms with Gasteiger partial charge in [0.1, 0.15) is 0 Å². The van der Waals surface area contributed by atoms with Crippen molar-refractivity contribution in [3.8, 4) is 0 Å². The van der Waals surface area contributed by atoms with Crippen LogP contribution in [-0.4, -0.2) is 36.5 Å². The number of halogens is 2. The minimum atomic E-state index is -0.425. The summed E-state index contributed by atoms with van der Waals surface area (Å²) in [6.07, 6.45) is 3.23. The Morgan fingerprint density at radius 2 is 1.43 bits per heavy atom. The lowest BCUT2D eigenvalue weighted by Crippen LogP contribution is -2.41. The molecule has 0 saturated carbocycles. The minimum Gasteiger partial charge on any atom is -0.450 e. The van der Waals surface area contributed by atoms with Crippen molar-refractivity contribution in [1.29, 1.82) is 0 Å². The number of likely N-dealkylation sites (tertiary alicyclic amines) is 1. The van der Waals surface area contributed by atoms with Crippen LogP contribution >= 0.6 is 31.9 Å². The van der Waals surface area contributed by atoms with E-state index in [1.807, 2.05) is 60.7 Å². The molecule has 1 fully saturated rings. The van der Waals surface area contributed by atoms with E-state index < -0.39 is 6.09 Å². The number of ether oxygens (including phenoxy) is 1. The van der Waals surface area contributed by atoms with Crippen molar-refractivity contribution in [3.63, 3.8) is 0 Å². The van der Waals surface area contributed by atoms with E-state index in [0.717, 1.165) is 20.1 Å². The summed E-state index contributed by atoms with van der Waals surface area (Å²) < 4.78 is 6.94. The van der Waals surface area contributed by atoms with Crippen LogP contribution in [-0.2, 0) is 9.53 Å². The number of rotatable bonds is 3. The minimum absolute atomic E-state index is 0.0629. The van der Waals surface area contributed by atoms with Gasteiger partial charge in [-0.3, -0.25) is 9.69 Å². The van der Waals surface area contributed by atoms with E-state index in [9.17, 15) is 9.59 Å². The summed E-state index contributed by atoms with van der Waals surface area (Å²) in [5.41, 5.74) is 2.86. The van der Waals surface area contributed by atoms with E-state index in [4.69, 9.17) is 4.74 Å². The Balaban J connectivity index is 2.02. The van der Waals surface area contributed by atoms with Crippen molar-refractivity contribution < 1.29 is 14.3 Å². The Morgan fingerprint density at radius 1 is 0.964 bits per heavy atom. The van der Waals surface area contributed by atoms with Gasteiger partial charge in [0, 0.05) is 20.1 Å². The zero-order chi connectivity index (χ0) is 20.1. The number of carbonyl (C=O) groups is 2. The van der Waals surface area contributed by atoms with Crippen molar-refractivity contribution in [2.24, 2.45) is 0 Å². The van der Waals surface area contributed by atoms with Gasteiger partial charge in [0.15, 0.2) is 5.78 Å². The van der Waals surface area contributed by atoms with Gasteiger partial charge in [-0.1, -0.05) is 68.3 Å². The van der Waals surface area contributed by atoms with Gasteiger partial charge in [0.25, 0.3) is 0 Å². The monoisotopic (exact) mass is 503 g/mol. The first-order chi connectivity index (χ1) is 13.5. The van der Waals surface area contributed by atoms with Gasteiger partial charge in [-0.2, -0.15) is 0 Å². The third-order valence-corrected chi connectivity index (χ3v) is 5.75. The van der Waals surface area contributed by atoms with Crippen LogP contribution in [0.5, 0.6) is 0 Å². The maximum atomic E-state index is 13.1. The summed E-state index contributed by atoms with van der Waals surface area (Å²) in [4.78, 5) is 27.0. The fraction of sp³-hybridized carbons (Fsp3) is 0.182. The number of carbonyl (C=O) groups excluding carboxylic acids is 2. The van der Waals surface area contributed by atoms with Crippen molar-refractivity contribution in [1.82, 2.24) is 4.90 Å². The quantitative estimate of drug-likeness (QED) is 0.502. The molecule has 2 aromatic rings. The van der Waals surface area contributed by atoms with Crippen LogP contribution in [0.1, 0.15) is 18.1 Å². The molecule has 6 heteroatoms. The maximum Gasteiger partial charge on any atom is 0.410 e. The number of ketones is 1. The summed E-state index contributed by atoms with van der Waals surface area (Å²) in [6, 6.07) is 15.3. The van der Waals surface area contributed by atoms with Gasteiger partial charge in [-0.05, 0) is 42.3 Å². The molecule has 0 atom stereocenters. The average molecular weight is 505 g/mol. The Morgan fingerprint density at radius 3 is 1.86 bits per heavy atom. The Labute approximate surface area is 181 Å².